The number of hydrogen-bond donors (Lipinski definition) is 1. The van der Waals surface area contributed by atoms with Gasteiger partial charge in [-0.2, -0.15) is 0 Å². The smallest absolute Gasteiger partial charge is 0.317 e. The van der Waals surface area contributed by atoms with Crippen molar-refractivity contribution in [2.24, 2.45) is 5.28 Å². The number of hydrogen-bond acceptors (Lipinski definition) is 5. The Bertz CT molecular complexity index is 205. The van der Waals surface area contributed by atoms with E-state index in [-0.39, 0.29) is 0 Å². The van der Waals surface area contributed by atoms with Gasteiger partial charge in [0.25, 0.3) is 0 Å². The summed E-state index contributed by atoms with van der Waals surface area (Å²) in [5, 5.41) is 9.98. The molecule has 0 aliphatic carbocycles. The van der Waals surface area contributed by atoms with E-state index in [1.165, 1.54) is 0 Å². The summed E-state index contributed by atoms with van der Waals surface area (Å²) in [5.41, 5.74) is 7.66. The van der Waals surface area contributed by atoms with Gasteiger partial charge in [-0.1, -0.05) is 6.92 Å². The lowest BCUT2D eigenvalue weighted by molar-refractivity contribution is -0.144. The van der Waals surface area contributed by atoms with Crippen molar-refractivity contribution in [3.05, 3.63) is 10.4 Å². The molecule has 12 heavy (non-hydrogen) atoms. The first-order valence-electron chi connectivity index (χ1n) is 3.01. The molecule has 0 bridgehead atoms. The van der Waals surface area contributed by atoms with Crippen LogP contribution in [0.25, 0.3) is 10.4 Å². The Morgan fingerprint density at radius 1 is 1.92 bits per heavy atom. The van der Waals surface area contributed by atoms with Crippen LogP contribution in [0.5, 0.6) is 0 Å². The molecule has 0 saturated heterocycles. The molecular weight excluding hydrogens is 180 g/mol. The first-order valence-corrected chi connectivity index (χ1v) is 3.41. The Morgan fingerprint density at radius 2 is 2.42 bits per heavy atom. The van der Waals surface area contributed by atoms with E-state index in [4.69, 9.17) is 10.9 Å². The van der Waals surface area contributed by atoms with E-state index in [0.717, 1.165) is 0 Å². The minimum Gasteiger partial charge on any atom is -0.359 e. The molecule has 1 N–H and O–H groups in total. The maximum absolute atomic E-state index is 10.3. The van der Waals surface area contributed by atoms with Crippen LogP contribution in [0.1, 0.15) is 19.8 Å². The van der Waals surface area contributed by atoms with Crippen molar-refractivity contribution in [1.82, 2.24) is 0 Å². The first-order chi connectivity index (χ1) is 5.72. The van der Waals surface area contributed by atoms with Crippen LogP contribution in [-0.2, 0) is 9.63 Å². The topological polar surface area (TPSA) is 98.9 Å². The fourth-order valence-electron chi connectivity index (χ4n) is 0.314. The van der Waals surface area contributed by atoms with Crippen LogP contribution >= 0.6 is 12.2 Å². The summed E-state index contributed by atoms with van der Waals surface area (Å²) in [6.45, 7) is 1.83. The Balaban J connectivity index is 0. The highest BCUT2D eigenvalue weighted by Gasteiger charge is 1.96. The van der Waals surface area contributed by atoms with Gasteiger partial charge in [0.05, 0.1) is 5.16 Å². The molecule has 0 aromatic rings. The Hall–Kier alpha value is -1.42. The van der Waals surface area contributed by atoms with E-state index in [1.807, 2.05) is 6.92 Å². The lowest BCUT2D eigenvalue weighted by atomic mass is 10.3. The molecule has 0 spiro atoms. The van der Waals surface area contributed by atoms with Gasteiger partial charge in [0.15, 0.2) is 0 Å². The van der Waals surface area contributed by atoms with Crippen LogP contribution in [0, 0.1) is 5.41 Å². The molecule has 0 aromatic carbocycles. The molecule has 0 heterocycles. The highest BCUT2D eigenvalue weighted by molar-refractivity contribution is 7.78. The monoisotopic (exact) mass is 188 g/mol. The molecule has 66 valence electrons. The summed E-state index contributed by atoms with van der Waals surface area (Å²) in [7, 11) is 0. The summed E-state index contributed by atoms with van der Waals surface area (Å²) in [4.78, 5) is 16.6. The molecule has 7 heteroatoms. The number of nitrogens with zero attached hydrogens (tertiary/aromatic N) is 3. The second-order valence-electron chi connectivity index (χ2n) is 1.49. The largest absolute Gasteiger partial charge is 0.359 e. The van der Waals surface area contributed by atoms with Gasteiger partial charge >= 0.3 is 5.97 Å². The second-order valence-corrected chi connectivity index (χ2v) is 1.69. The lowest BCUT2D eigenvalue weighted by Crippen LogP contribution is -1.96. The van der Waals surface area contributed by atoms with Gasteiger partial charge in [-0.15, -0.1) is 0 Å². The minimum absolute atomic E-state index is 0.291. The van der Waals surface area contributed by atoms with Crippen LogP contribution in [0.4, 0.5) is 0 Å². The van der Waals surface area contributed by atoms with Gasteiger partial charge < -0.3 is 4.84 Å². The molecule has 0 rings (SSSR count). The van der Waals surface area contributed by atoms with E-state index in [2.05, 4.69) is 27.2 Å². The van der Waals surface area contributed by atoms with E-state index < -0.39 is 5.97 Å². The average molecular weight is 188 g/mol. The molecule has 0 aliphatic rings. The van der Waals surface area contributed by atoms with Crippen molar-refractivity contribution in [2.75, 3.05) is 0 Å². The zero-order chi connectivity index (χ0) is 9.82. The van der Waals surface area contributed by atoms with E-state index in [0.29, 0.717) is 12.8 Å². The van der Waals surface area contributed by atoms with Gasteiger partial charge in [0, 0.05) is 11.3 Å². The molecule has 6 nitrogen and oxygen atoms in total. The third-order valence-electron chi connectivity index (χ3n) is 0.633. The van der Waals surface area contributed by atoms with Gasteiger partial charge in [0.2, 0.25) is 0 Å². The average Bonchev–Trinajstić information content (AvgIpc) is 2.03. The lowest BCUT2D eigenvalue weighted by Gasteiger charge is -1.89. The van der Waals surface area contributed by atoms with Gasteiger partial charge in [-0.05, 0) is 24.2 Å². The second kappa shape index (κ2) is 12.3. The molecule has 0 radical (unpaired) electrons. The van der Waals surface area contributed by atoms with Crippen LogP contribution < -0.4 is 0 Å². The number of carbonyl (C=O) groups excluding carboxylic acids is 1. The Labute approximate surface area is 74.6 Å². The van der Waals surface area contributed by atoms with Gasteiger partial charge in [-0.25, -0.2) is 5.41 Å². The quantitative estimate of drug-likeness (QED) is 0.183. The number of isothiocyanates is 1. The molecule has 0 saturated carbocycles. The standard InChI is InChI=1S/C4H7N3O2.CHNS/c1-2-3-4(8)9-7-6-5;2-1-3/h2-3H2,1H3;2H. The van der Waals surface area contributed by atoms with Crippen molar-refractivity contribution in [2.45, 2.75) is 19.8 Å². The first kappa shape index (κ1) is 13.2. The van der Waals surface area contributed by atoms with Crippen LogP contribution in [0.2, 0.25) is 0 Å². The predicted octanol–water partition coefficient (Wildman–Crippen LogP) is 2.22. The Morgan fingerprint density at radius 3 is 2.75 bits per heavy atom. The van der Waals surface area contributed by atoms with Gasteiger partial charge in [-0.3, -0.25) is 4.79 Å². The highest BCUT2D eigenvalue weighted by Crippen LogP contribution is 1.90. The summed E-state index contributed by atoms with van der Waals surface area (Å²) in [6.07, 6.45) is 0.985. The fourth-order valence-corrected chi connectivity index (χ4v) is 0.314. The SMILES string of the molecule is CCCC(=O)ON=[N+]=[N-].N=C=S. The number of carbonyl (C=O) groups is 1. The zero-order valence-corrected chi connectivity index (χ0v) is 7.30. The summed E-state index contributed by atoms with van der Waals surface area (Å²) >= 11 is 3.81. The summed E-state index contributed by atoms with van der Waals surface area (Å²) in [6, 6.07) is 0. The van der Waals surface area contributed by atoms with Crippen LogP contribution in [-0.4, -0.2) is 11.1 Å². The maximum atomic E-state index is 10.3. The molecule has 0 unspecified atom stereocenters. The minimum atomic E-state index is -0.490. The van der Waals surface area contributed by atoms with E-state index >= 15 is 0 Å². The number of rotatable bonds is 3. The zero-order valence-electron chi connectivity index (χ0n) is 6.48. The van der Waals surface area contributed by atoms with Crippen molar-refractivity contribution < 1.29 is 9.63 Å². The third-order valence-corrected chi connectivity index (χ3v) is 0.633. The van der Waals surface area contributed by atoms with Crippen molar-refractivity contribution in [3.8, 4) is 0 Å². The van der Waals surface area contributed by atoms with Gasteiger partial charge in [0.1, 0.15) is 5.28 Å². The van der Waals surface area contributed by atoms with Crippen LogP contribution in [0.3, 0.4) is 0 Å². The maximum Gasteiger partial charge on any atom is 0.317 e. The van der Waals surface area contributed by atoms with Crippen molar-refractivity contribution in [3.63, 3.8) is 0 Å². The third kappa shape index (κ3) is 15.8. The molecule has 0 aliphatic heterocycles. The normalized spacial score (nSPS) is 6.42. The summed E-state index contributed by atoms with van der Waals surface area (Å²) < 4.78 is 0. The molecular formula is C5H8N4O2S. The van der Waals surface area contributed by atoms with Crippen LogP contribution in [0.15, 0.2) is 5.28 Å². The van der Waals surface area contributed by atoms with Crippen molar-refractivity contribution >= 4 is 23.3 Å². The number of nitrogens with one attached hydrogen (secondary N) is 1. The molecule has 0 atom stereocenters. The predicted molar refractivity (Wildman–Crippen MR) is 45.5 cm³/mol. The number of thiocarbonyl (C=S) groups is 1. The molecule has 0 fully saturated rings. The fraction of sp³-hybridized carbons (Fsp3) is 0.600. The molecule has 0 amide bonds. The van der Waals surface area contributed by atoms with Crippen molar-refractivity contribution in [1.29, 1.82) is 5.41 Å². The Kier molecular flexibility index (Phi) is 13.5. The molecule has 0 aromatic heterocycles. The number of azide groups is 1. The van der Waals surface area contributed by atoms with E-state index in [1.54, 1.807) is 5.16 Å². The van der Waals surface area contributed by atoms with E-state index in [9.17, 15) is 4.79 Å². The summed E-state index contributed by atoms with van der Waals surface area (Å²) in [5.74, 6) is -0.490. The highest BCUT2D eigenvalue weighted by atomic mass is 32.1.